The number of benzene rings is 1. The quantitative estimate of drug-likeness (QED) is 0.923. The van der Waals surface area contributed by atoms with Crippen molar-refractivity contribution in [3.8, 4) is 0 Å². The highest BCUT2D eigenvalue weighted by atomic mass is 16.2. The van der Waals surface area contributed by atoms with Crippen LogP contribution in [0.15, 0.2) is 18.2 Å². The number of carbonyl (C=O) groups is 2. The molecule has 0 radical (unpaired) electrons. The lowest BCUT2D eigenvalue weighted by atomic mass is 9.98. The first-order valence-corrected chi connectivity index (χ1v) is 7.51. The van der Waals surface area contributed by atoms with E-state index in [2.05, 4.69) is 37.4 Å². The lowest BCUT2D eigenvalue weighted by Crippen LogP contribution is -2.58. The van der Waals surface area contributed by atoms with Gasteiger partial charge in [-0.05, 0) is 31.7 Å². The molecule has 4 nitrogen and oxygen atoms in total. The molecule has 2 amide bonds. The van der Waals surface area contributed by atoms with Crippen molar-refractivity contribution >= 4 is 11.8 Å². The second-order valence-electron chi connectivity index (χ2n) is 6.38. The van der Waals surface area contributed by atoms with Crippen LogP contribution in [0.2, 0.25) is 0 Å². The molecule has 0 saturated carbocycles. The number of hydrogen-bond acceptors (Lipinski definition) is 2. The predicted octanol–water partition coefficient (Wildman–Crippen LogP) is 2.18. The molecule has 1 unspecified atom stereocenters. The van der Waals surface area contributed by atoms with Crippen molar-refractivity contribution in [1.29, 1.82) is 0 Å². The molecule has 2 rings (SSSR count). The van der Waals surface area contributed by atoms with E-state index in [1.807, 2.05) is 13.8 Å². The molecular weight excluding hydrogens is 264 g/mol. The molecule has 0 aromatic heterocycles. The Balaban J connectivity index is 2.24. The van der Waals surface area contributed by atoms with Crippen LogP contribution in [0.1, 0.15) is 37.0 Å². The minimum absolute atomic E-state index is 0.000547. The lowest BCUT2D eigenvalue weighted by Gasteiger charge is -2.36. The Morgan fingerprint density at radius 1 is 1.19 bits per heavy atom. The maximum absolute atomic E-state index is 12.2. The second kappa shape index (κ2) is 6.29. The molecule has 0 spiro atoms. The van der Waals surface area contributed by atoms with Gasteiger partial charge in [-0.2, -0.15) is 0 Å². The van der Waals surface area contributed by atoms with Crippen molar-refractivity contribution in [3.05, 3.63) is 34.9 Å². The van der Waals surface area contributed by atoms with Crippen LogP contribution in [0.5, 0.6) is 0 Å². The van der Waals surface area contributed by atoms with Gasteiger partial charge in [-0.1, -0.05) is 43.2 Å². The summed E-state index contributed by atoms with van der Waals surface area (Å²) in [5, 5.41) is 2.70. The first-order chi connectivity index (χ1) is 9.86. The van der Waals surface area contributed by atoms with E-state index in [4.69, 9.17) is 0 Å². The third kappa shape index (κ3) is 3.84. The molecule has 1 aromatic rings. The fraction of sp³-hybridized carbons (Fsp3) is 0.529. The molecule has 4 heteroatoms. The third-order valence-electron chi connectivity index (χ3n) is 3.74. The topological polar surface area (TPSA) is 49.4 Å². The van der Waals surface area contributed by atoms with Gasteiger partial charge in [0.2, 0.25) is 11.8 Å². The summed E-state index contributed by atoms with van der Waals surface area (Å²) in [5.74, 6) is 0.334. The van der Waals surface area contributed by atoms with Crippen molar-refractivity contribution in [3.63, 3.8) is 0 Å². The van der Waals surface area contributed by atoms with E-state index >= 15 is 0 Å². The van der Waals surface area contributed by atoms with Gasteiger partial charge in [0, 0.05) is 6.54 Å². The van der Waals surface area contributed by atoms with Gasteiger partial charge in [-0.3, -0.25) is 9.59 Å². The van der Waals surface area contributed by atoms with E-state index in [1.165, 1.54) is 11.1 Å². The maximum atomic E-state index is 12.2. The molecule has 1 saturated heterocycles. The minimum atomic E-state index is -0.355. The van der Waals surface area contributed by atoms with Gasteiger partial charge in [-0.15, -0.1) is 0 Å². The summed E-state index contributed by atoms with van der Waals surface area (Å²) in [6.45, 7) is 8.85. The van der Waals surface area contributed by atoms with Crippen LogP contribution in [-0.4, -0.2) is 29.3 Å². The van der Waals surface area contributed by atoms with E-state index < -0.39 is 0 Å². The molecular formula is C17H24N2O2. The van der Waals surface area contributed by atoms with Crippen molar-refractivity contribution in [2.24, 2.45) is 5.92 Å². The summed E-state index contributed by atoms with van der Waals surface area (Å²) in [4.78, 5) is 26.1. The highest BCUT2D eigenvalue weighted by Crippen LogP contribution is 2.19. The van der Waals surface area contributed by atoms with Crippen molar-refractivity contribution < 1.29 is 9.59 Å². The fourth-order valence-corrected chi connectivity index (χ4v) is 2.93. The zero-order valence-corrected chi connectivity index (χ0v) is 13.3. The standard InChI is InChI=1S/C17H24N2O2/c1-11(2)5-15-17(21)18-9-16(20)19(15)10-14-7-12(3)6-13(4)8-14/h6-8,11,15H,5,9-10H2,1-4H3,(H,18,21). The maximum Gasteiger partial charge on any atom is 0.243 e. The number of piperazine rings is 1. The Labute approximate surface area is 126 Å². The van der Waals surface area contributed by atoms with Crippen LogP contribution in [0.25, 0.3) is 0 Å². The average Bonchev–Trinajstić information content (AvgIpc) is 2.36. The molecule has 0 aliphatic carbocycles. The van der Waals surface area contributed by atoms with E-state index in [9.17, 15) is 9.59 Å². The van der Waals surface area contributed by atoms with Crippen LogP contribution in [0.4, 0.5) is 0 Å². The van der Waals surface area contributed by atoms with Crippen molar-refractivity contribution in [2.45, 2.75) is 46.7 Å². The third-order valence-corrected chi connectivity index (χ3v) is 3.74. The molecule has 114 valence electrons. The number of carbonyl (C=O) groups excluding carboxylic acids is 2. The summed E-state index contributed by atoms with van der Waals surface area (Å²) in [7, 11) is 0. The van der Waals surface area contributed by atoms with E-state index in [-0.39, 0.29) is 24.4 Å². The van der Waals surface area contributed by atoms with Gasteiger partial charge >= 0.3 is 0 Å². The van der Waals surface area contributed by atoms with Gasteiger partial charge < -0.3 is 10.2 Å². The molecule has 0 bridgehead atoms. The molecule has 1 aromatic carbocycles. The summed E-state index contributed by atoms with van der Waals surface area (Å²) in [5.41, 5.74) is 3.45. The number of aryl methyl sites for hydroxylation is 2. The Hall–Kier alpha value is -1.84. The highest BCUT2D eigenvalue weighted by molar-refractivity contribution is 5.94. The first kappa shape index (κ1) is 15.5. The zero-order chi connectivity index (χ0) is 15.6. The van der Waals surface area contributed by atoms with Gasteiger partial charge in [0.05, 0.1) is 6.54 Å². The zero-order valence-electron chi connectivity index (χ0n) is 13.3. The number of nitrogens with one attached hydrogen (secondary N) is 1. The largest absolute Gasteiger partial charge is 0.345 e. The van der Waals surface area contributed by atoms with E-state index in [0.717, 1.165) is 5.56 Å². The van der Waals surface area contributed by atoms with Crippen LogP contribution in [0.3, 0.4) is 0 Å². The average molecular weight is 288 g/mol. The molecule has 1 N–H and O–H groups in total. The van der Waals surface area contributed by atoms with Gasteiger partial charge in [-0.25, -0.2) is 0 Å². The Morgan fingerprint density at radius 3 is 2.38 bits per heavy atom. The van der Waals surface area contributed by atoms with E-state index in [1.54, 1.807) is 4.90 Å². The lowest BCUT2D eigenvalue weighted by molar-refractivity contribution is -0.146. The predicted molar refractivity (Wildman–Crippen MR) is 82.7 cm³/mol. The van der Waals surface area contributed by atoms with E-state index in [0.29, 0.717) is 18.9 Å². The van der Waals surface area contributed by atoms with Crippen LogP contribution >= 0.6 is 0 Å². The van der Waals surface area contributed by atoms with Crippen LogP contribution in [-0.2, 0) is 16.1 Å². The Bertz CT molecular complexity index is 531. The number of nitrogens with zero attached hydrogens (tertiary/aromatic N) is 1. The van der Waals surface area contributed by atoms with Gasteiger partial charge in [0.15, 0.2) is 0 Å². The monoisotopic (exact) mass is 288 g/mol. The van der Waals surface area contributed by atoms with Crippen LogP contribution < -0.4 is 5.32 Å². The summed E-state index contributed by atoms with van der Waals surface area (Å²) in [6.07, 6.45) is 0.697. The molecule has 1 fully saturated rings. The molecule has 1 atom stereocenters. The minimum Gasteiger partial charge on any atom is -0.345 e. The summed E-state index contributed by atoms with van der Waals surface area (Å²) in [6, 6.07) is 5.92. The molecule has 21 heavy (non-hydrogen) atoms. The van der Waals surface area contributed by atoms with Gasteiger partial charge in [0.1, 0.15) is 6.04 Å². The first-order valence-electron chi connectivity index (χ1n) is 7.51. The Kier molecular flexibility index (Phi) is 4.66. The molecule has 1 aliphatic heterocycles. The smallest absolute Gasteiger partial charge is 0.243 e. The number of rotatable bonds is 4. The van der Waals surface area contributed by atoms with Crippen molar-refractivity contribution in [2.75, 3.05) is 6.54 Å². The molecule has 1 aliphatic rings. The van der Waals surface area contributed by atoms with Gasteiger partial charge in [0.25, 0.3) is 0 Å². The fourth-order valence-electron chi connectivity index (χ4n) is 2.93. The number of hydrogen-bond donors (Lipinski definition) is 1. The second-order valence-corrected chi connectivity index (χ2v) is 6.38. The SMILES string of the molecule is Cc1cc(C)cc(CN2C(=O)CNC(=O)C2CC(C)C)c1. The number of amides is 2. The summed E-state index contributed by atoms with van der Waals surface area (Å²) >= 11 is 0. The summed E-state index contributed by atoms with van der Waals surface area (Å²) < 4.78 is 0. The highest BCUT2D eigenvalue weighted by Gasteiger charge is 2.34. The normalized spacial score (nSPS) is 19.1. The van der Waals surface area contributed by atoms with Crippen LogP contribution in [0, 0.1) is 19.8 Å². The Morgan fingerprint density at radius 2 is 1.81 bits per heavy atom. The van der Waals surface area contributed by atoms with Crippen molar-refractivity contribution in [1.82, 2.24) is 10.2 Å². The molecule has 1 heterocycles.